The van der Waals surface area contributed by atoms with Crippen molar-refractivity contribution >= 4 is 0 Å². The predicted molar refractivity (Wildman–Crippen MR) is 45.6 cm³/mol. The molecular weight excluding hydrogens is 152 g/mol. The minimum absolute atomic E-state index is 0.868. The molecule has 0 unspecified atom stereocenters. The zero-order chi connectivity index (χ0) is 8.55. The van der Waals surface area contributed by atoms with E-state index in [4.69, 9.17) is 4.42 Å². The van der Waals surface area contributed by atoms with Crippen LogP contribution in [0.15, 0.2) is 28.8 Å². The van der Waals surface area contributed by atoms with Crippen LogP contribution in [0.5, 0.6) is 0 Å². The Hall–Kier alpha value is -1.51. The molecule has 2 aromatic rings. The van der Waals surface area contributed by atoms with Crippen LogP contribution >= 0.6 is 0 Å². The van der Waals surface area contributed by atoms with Gasteiger partial charge in [0.15, 0.2) is 5.76 Å². The fourth-order valence-corrected chi connectivity index (χ4v) is 1.19. The van der Waals surface area contributed by atoms with Gasteiger partial charge < -0.3 is 4.42 Å². The molecule has 0 saturated carbocycles. The summed E-state index contributed by atoms with van der Waals surface area (Å²) in [6.07, 6.45) is 1.76. The van der Waals surface area contributed by atoms with Crippen molar-refractivity contribution in [3.8, 4) is 11.5 Å². The fraction of sp³-hybridized carbons (Fsp3) is 0.222. The highest BCUT2D eigenvalue weighted by atomic mass is 16.3. The van der Waals surface area contributed by atoms with Gasteiger partial charge in [0.05, 0.1) is 0 Å². The summed E-state index contributed by atoms with van der Waals surface area (Å²) in [5.74, 6) is 1.79. The maximum absolute atomic E-state index is 5.45. The van der Waals surface area contributed by atoms with E-state index in [-0.39, 0.29) is 0 Å². The van der Waals surface area contributed by atoms with Crippen LogP contribution in [0.4, 0.5) is 0 Å². The van der Waals surface area contributed by atoms with Crippen LogP contribution in [-0.2, 0) is 7.05 Å². The van der Waals surface area contributed by atoms with E-state index >= 15 is 0 Å². The number of rotatable bonds is 1. The average Bonchev–Trinajstić information content (AvgIpc) is 2.58. The number of hydrogen-bond acceptors (Lipinski definition) is 2. The molecule has 2 aromatic heterocycles. The third-order valence-corrected chi connectivity index (χ3v) is 1.81. The lowest BCUT2D eigenvalue weighted by Crippen LogP contribution is -1.91. The SMILES string of the molecule is Cc1ccc(-c2ccnn2C)o1. The van der Waals surface area contributed by atoms with E-state index in [1.807, 2.05) is 32.2 Å². The van der Waals surface area contributed by atoms with E-state index in [2.05, 4.69) is 5.10 Å². The van der Waals surface area contributed by atoms with Crippen LogP contribution in [0.3, 0.4) is 0 Å². The minimum atomic E-state index is 0.868. The molecule has 2 rings (SSSR count). The monoisotopic (exact) mass is 162 g/mol. The molecule has 62 valence electrons. The molecule has 2 heterocycles. The van der Waals surface area contributed by atoms with E-state index < -0.39 is 0 Å². The van der Waals surface area contributed by atoms with Crippen molar-refractivity contribution in [3.63, 3.8) is 0 Å². The van der Waals surface area contributed by atoms with Gasteiger partial charge in [0.25, 0.3) is 0 Å². The van der Waals surface area contributed by atoms with Crippen LogP contribution in [0.25, 0.3) is 11.5 Å². The van der Waals surface area contributed by atoms with Crippen molar-refractivity contribution in [1.82, 2.24) is 9.78 Å². The second kappa shape index (κ2) is 2.52. The summed E-state index contributed by atoms with van der Waals surface area (Å²) in [6.45, 7) is 1.93. The summed E-state index contributed by atoms with van der Waals surface area (Å²) in [6, 6.07) is 5.83. The highest BCUT2D eigenvalue weighted by Crippen LogP contribution is 2.20. The highest BCUT2D eigenvalue weighted by Gasteiger charge is 2.05. The first-order chi connectivity index (χ1) is 5.77. The Kier molecular flexibility index (Phi) is 1.50. The van der Waals surface area contributed by atoms with E-state index in [0.29, 0.717) is 0 Å². The molecule has 0 bridgehead atoms. The van der Waals surface area contributed by atoms with Crippen molar-refractivity contribution in [1.29, 1.82) is 0 Å². The smallest absolute Gasteiger partial charge is 0.152 e. The van der Waals surface area contributed by atoms with Crippen LogP contribution in [0.1, 0.15) is 5.76 Å². The van der Waals surface area contributed by atoms with Crippen LogP contribution in [0.2, 0.25) is 0 Å². The van der Waals surface area contributed by atoms with E-state index in [9.17, 15) is 0 Å². The molecular formula is C9H10N2O. The van der Waals surface area contributed by atoms with Crippen LogP contribution in [0, 0.1) is 6.92 Å². The molecule has 0 saturated heterocycles. The molecule has 0 aliphatic rings. The number of nitrogens with zero attached hydrogens (tertiary/aromatic N) is 2. The first kappa shape index (κ1) is 7.16. The predicted octanol–water partition coefficient (Wildman–Crippen LogP) is 1.99. The number of aromatic nitrogens is 2. The number of furan rings is 1. The summed E-state index contributed by atoms with van der Waals surface area (Å²) in [5, 5.41) is 4.06. The molecule has 12 heavy (non-hydrogen) atoms. The topological polar surface area (TPSA) is 31.0 Å². The van der Waals surface area contributed by atoms with Crippen molar-refractivity contribution < 1.29 is 4.42 Å². The van der Waals surface area contributed by atoms with Gasteiger partial charge in [-0.25, -0.2) is 0 Å². The van der Waals surface area contributed by atoms with Gasteiger partial charge in [0, 0.05) is 13.2 Å². The van der Waals surface area contributed by atoms with Gasteiger partial charge in [0.2, 0.25) is 0 Å². The zero-order valence-electron chi connectivity index (χ0n) is 7.11. The molecule has 3 nitrogen and oxygen atoms in total. The lowest BCUT2D eigenvalue weighted by atomic mass is 10.3. The summed E-state index contributed by atoms with van der Waals surface area (Å²) >= 11 is 0. The number of hydrogen-bond donors (Lipinski definition) is 0. The summed E-state index contributed by atoms with van der Waals surface area (Å²) < 4.78 is 7.24. The Labute approximate surface area is 70.6 Å². The third kappa shape index (κ3) is 1.03. The molecule has 0 fully saturated rings. The Morgan fingerprint density at radius 1 is 1.33 bits per heavy atom. The van der Waals surface area contributed by atoms with Crippen molar-refractivity contribution in [3.05, 3.63) is 30.2 Å². The van der Waals surface area contributed by atoms with E-state index in [0.717, 1.165) is 17.2 Å². The first-order valence-electron chi connectivity index (χ1n) is 3.82. The summed E-state index contributed by atoms with van der Waals surface area (Å²) in [4.78, 5) is 0. The highest BCUT2D eigenvalue weighted by molar-refractivity contribution is 5.51. The van der Waals surface area contributed by atoms with Crippen molar-refractivity contribution in [2.24, 2.45) is 7.05 Å². The molecule has 0 radical (unpaired) electrons. The van der Waals surface area contributed by atoms with Gasteiger partial charge in [0.1, 0.15) is 11.5 Å². The van der Waals surface area contributed by atoms with Crippen LogP contribution in [-0.4, -0.2) is 9.78 Å². The second-order valence-corrected chi connectivity index (χ2v) is 2.75. The lowest BCUT2D eigenvalue weighted by Gasteiger charge is -1.95. The standard InChI is InChI=1S/C9H10N2O/c1-7-3-4-9(12-7)8-5-6-10-11(8)2/h3-6H,1-2H3. The quantitative estimate of drug-likeness (QED) is 0.642. The molecule has 0 N–H and O–H groups in total. The van der Waals surface area contributed by atoms with Gasteiger partial charge in [-0.1, -0.05) is 0 Å². The molecule has 0 aliphatic heterocycles. The first-order valence-corrected chi connectivity index (χ1v) is 3.82. The zero-order valence-corrected chi connectivity index (χ0v) is 7.11. The maximum Gasteiger partial charge on any atom is 0.152 e. The van der Waals surface area contributed by atoms with Gasteiger partial charge in [-0.3, -0.25) is 4.68 Å². The Morgan fingerprint density at radius 2 is 2.17 bits per heavy atom. The maximum atomic E-state index is 5.45. The normalized spacial score (nSPS) is 10.5. The molecule has 3 heteroatoms. The van der Waals surface area contributed by atoms with Crippen molar-refractivity contribution in [2.75, 3.05) is 0 Å². The minimum Gasteiger partial charge on any atom is -0.460 e. The third-order valence-electron chi connectivity index (χ3n) is 1.81. The van der Waals surface area contributed by atoms with Gasteiger partial charge in [-0.05, 0) is 25.1 Å². The molecule has 0 aliphatic carbocycles. The van der Waals surface area contributed by atoms with E-state index in [1.54, 1.807) is 10.9 Å². The van der Waals surface area contributed by atoms with Gasteiger partial charge >= 0.3 is 0 Å². The largest absolute Gasteiger partial charge is 0.460 e. The Bertz CT molecular complexity index is 387. The Balaban J connectivity index is 2.50. The van der Waals surface area contributed by atoms with Gasteiger partial charge in [-0.15, -0.1) is 0 Å². The number of aryl methyl sites for hydroxylation is 2. The Morgan fingerprint density at radius 3 is 2.67 bits per heavy atom. The summed E-state index contributed by atoms with van der Waals surface area (Å²) in [5.41, 5.74) is 1.00. The lowest BCUT2D eigenvalue weighted by molar-refractivity contribution is 0.541. The molecule has 0 aromatic carbocycles. The second-order valence-electron chi connectivity index (χ2n) is 2.75. The van der Waals surface area contributed by atoms with Crippen LogP contribution < -0.4 is 0 Å². The van der Waals surface area contributed by atoms with E-state index in [1.165, 1.54) is 0 Å². The summed E-state index contributed by atoms with van der Waals surface area (Å²) in [7, 11) is 1.90. The van der Waals surface area contributed by atoms with Gasteiger partial charge in [-0.2, -0.15) is 5.10 Å². The molecule has 0 amide bonds. The average molecular weight is 162 g/mol. The molecule has 0 atom stereocenters. The fourth-order valence-electron chi connectivity index (χ4n) is 1.19. The van der Waals surface area contributed by atoms with Crippen molar-refractivity contribution in [2.45, 2.75) is 6.92 Å². The molecule has 0 spiro atoms.